The zero-order valence-corrected chi connectivity index (χ0v) is 17.3. The number of nitrogens with one attached hydrogen (secondary N) is 1. The molecule has 0 aliphatic heterocycles. The van der Waals surface area contributed by atoms with Gasteiger partial charge in [-0.2, -0.15) is 0 Å². The van der Waals surface area contributed by atoms with E-state index in [0.29, 0.717) is 5.75 Å². The molecule has 0 aliphatic rings. The molecular weight excluding hydrogens is 418 g/mol. The fraction of sp³-hybridized carbons (Fsp3) is 0.316. The van der Waals surface area contributed by atoms with Crippen molar-refractivity contribution in [2.75, 3.05) is 12.0 Å². The number of sulfone groups is 1. The van der Waals surface area contributed by atoms with Crippen LogP contribution in [0.15, 0.2) is 53.0 Å². The van der Waals surface area contributed by atoms with Gasteiger partial charge in [0.05, 0.1) is 16.3 Å². The Kier molecular flexibility index (Phi) is 6.83. The molecule has 26 heavy (non-hydrogen) atoms. The summed E-state index contributed by atoms with van der Waals surface area (Å²) in [5.74, 6) is -0.00318. The second kappa shape index (κ2) is 8.68. The molecule has 2 aromatic carbocycles. The highest BCUT2D eigenvalue weighted by Gasteiger charge is 2.23. The van der Waals surface area contributed by atoms with Gasteiger partial charge in [0.25, 0.3) is 5.91 Å². The molecule has 0 spiro atoms. The first-order valence-electron chi connectivity index (χ1n) is 8.11. The first-order valence-corrected chi connectivity index (χ1v) is 11.0. The van der Waals surface area contributed by atoms with Crippen LogP contribution in [0.4, 0.5) is 0 Å². The van der Waals surface area contributed by atoms with E-state index in [4.69, 9.17) is 4.74 Å². The molecule has 0 saturated heterocycles. The normalized spacial score (nSPS) is 13.7. The van der Waals surface area contributed by atoms with Crippen LogP contribution in [0, 0.1) is 6.92 Å². The Balaban J connectivity index is 2.12. The van der Waals surface area contributed by atoms with Gasteiger partial charge in [-0.05, 0) is 53.0 Å². The first kappa shape index (κ1) is 20.5. The third-order valence-electron chi connectivity index (χ3n) is 3.75. The average molecular weight is 440 g/mol. The van der Waals surface area contributed by atoms with Crippen molar-refractivity contribution >= 4 is 31.7 Å². The second-order valence-electron chi connectivity index (χ2n) is 6.26. The summed E-state index contributed by atoms with van der Waals surface area (Å²) in [4.78, 5) is 12.5. The molecule has 0 bridgehead atoms. The van der Waals surface area contributed by atoms with Crippen LogP contribution in [-0.4, -0.2) is 32.4 Å². The SMILES string of the molecule is Cc1ccc(O[C@H](C)C(=O)N[C@H](CS(C)(=O)=O)c2ccccc2)c(Br)c1. The molecule has 0 radical (unpaired) electrons. The number of carbonyl (C=O) groups excluding carboxylic acids is 1. The third-order valence-corrected chi connectivity index (χ3v) is 5.31. The van der Waals surface area contributed by atoms with Gasteiger partial charge in [-0.25, -0.2) is 8.42 Å². The van der Waals surface area contributed by atoms with Crippen molar-refractivity contribution < 1.29 is 17.9 Å². The van der Waals surface area contributed by atoms with Crippen LogP contribution in [0.25, 0.3) is 0 Å². The minimum absolute atomic E-state index is 0.177. The van der Waals surface area contributed by atoms with E-state index in [0.717, 1.165) is 21.9 Å². The number of carbonyl (C=O) groups is 1. The van der Waals surface area contributed by atoms with Gasteiger partial charge in [0.1, 0.15) is 15.6 Å². The van der Waals surface area contributed by atoms with Gasteiger partial charge in [0.15, 0.2) is 6.10 Å². The molecule has 2 aromatic rings. The molecule has 0 heterocycles. The van der Waals surface area contributed by atoms with E-state index in [1.165, 1.54) is 0 Å². The lowest BCUT2D eigenvalue weighted by molar-refractivity contribution is -0.127. The fourth-order valence-corrected chi connectivity index (χ4v) is 3.91. The average Bonchev–Trinajstić information content (AvgIpc) is 2.56. The van der Waals surface area contributed by atoms with E-state index >= 15 is 0 Å². The van der Waals surface area contributed by atoms with Crippen LogP contribution < -0.4 is 10.1 Å². The minimum atomic E-state index is -3.28. The van der Waals surface area contributed by atoms with Gasteiger partial charge in [-0.15, -0.1) is 0 Å². The molecule has 5 nitrogen and oxygen atoms in total. The summed E-state index contributed by atoms with van der Waals surface area (Å²) in [6, 6.07) is 14.0. The Morgan fingerprint density at radius 1 is 1.19 bits per heavy atom. The van der Waals surface area contributed by atoms with Gasteiger partial charge < -0.3 is 10.1 Å². The highest BCUT2D eigenvalue weighted by Crippen LogP contribution is 2.27. The summed E-state index contributed by atoms with van der Waals surface area (Å²) in [5.41, 5.74) is 1.80. The number of amides is 1. The topological polar surface area (TPSA) is 72.5 Å². The lowest BCUT2D eigenvalue weighted by Gasteiger charge is -2.22. The van der Waals surface area contributed by atoms with E-state index in [2.05, 4.69) is 21.2 Å². The molecule has 1 N–H and O–H groups in total. The summed E-state index contributed by atoms with van der Waals surface area (Å²) in [6.45, 7) is 3.59. The molecular formula is C19H22BrNO4S. The van der Waals surface area contributed by atoms with Crippen LogP contribution in [0.5, 0.6) is 5.75 Å². The number of halogens is 1. The third kappa shape index (κ3) is 6.14. The number of hydrogen-bond acceptors (Lipinski definition) is 4. The van der Waals surface area contributed by atoms with Crippen molar-refractivity contribution in [1.82, 2.24) is 5.32 Å². The molecule has 2 rings (SSSR count). The van der Waals surface area contributed by atoms with E-state index in [9.17, 15) is 13.2 Å². The van der Waals surface area contributed by atoms with E-state index < -0.39 is 22.0 Å². The van der Waals surface area contributed by atoms with Gasteiger partial charge in [0.2, 0.25) is 0 Å². The molecule has 0 aliphatic carbocycles. The van der Waals surface area contributed by atoms with Crippen LogP contribution >= 0.6 is 15.9 Å². The van der Waals surface area contributed by atoms with Gasteiger partial charge in [-0.3, -0.25) is 4.79 Å². The van der Waals surface area contributed by atoms with Crippen LogP contribution in [0.3, 0.4) is 0 Å². The highest BCUT2D eigenvalue weighted by molar-refractivity contribution is 9.10. The molecule has 2 atom stereocenters. The Labute approximate surface area is 162 Å². The summed E-state index contributed by atoms with van der Waals surface area (Å²) in [5, 5.41) is 2.78. The van der Waals surface area contributed by atoms with E-state index in [1.54, 1.807) is 37.3 Å². The van der Waals surface area contributed by atoms with Crippen molar-refractivity contribution in [2.24, 2.45) is 0 Å². The quantitative estimate of drug-likeness (QED) is 0.716. The maximum atomic E-state index is 12.5. The maximum absolute atomic E-state index is 12.5. The van der Waals surface area contributed by atoms with Crippen molar-refractivity contribution in [3.63, 3.8) is 0 Å². The standard InChI is InChI=1S/C19H22BrNO4S/c1-13-9-10-18(16(20)11-13)25-14(2)19(22)21-17(12-26(3,23)24)15-7-5-4-6-8-15/h4-11,14,17H,12H2,1-3H3,(H,21,22)/t14-,17-/m1/s1. The highest BCUT2D eigenvalue weighted by atomic mass is 79.9. The molecule has 1 amide bonds. The molecule has 0 unspecified atom stereocenters. The molecule has 0 aromatic heterocycles. The van der Waals surface area contributed by atoms with Gasteiger partial charge in [0, 0.05) is 6.26 Å². The number of rotatable bonds is 7. The Hall–Kier alpha value is -1.86. The smallest absolute Gasteiger partial charge is 0.261 e. The summed E-state index contributed by atoms with van der Waals surface area (Å²) < 4.78 is 30.0. The molecule has 7 heteroatoms. The Morgan fingerprint density at radius 3 is 2.42 bits per heavy atom. The molecule has 0 saturated carbocycles. The van der Waals surface area contributed by atoms with E-state index in [1.807, 2.05) is 25.1 Å². The summed E-state index contributed by atoms with van der Waals surface area (Å²) in [7, 11) is -3.28. The second-order valence-corrected chi connectivity index (χ2v) is 9.30. The van der Waals surface area contributed by atoms with Crippen molar-refractivity contribution in [1.29, 1.82) is 0 Å². The number of ether oxygens (including phenoxy) is 1. The van der Waals surface area contributed by atoms with Crippen molar-refractivity contribution in [3.8, 4) is 5.75 Å². The predicted octanol–water partition coefficient (Wildman–Crippen LogP) is 3.43. The number of benzene rings is 2. The van der Waals surface area contributed by atoms with Crippen LogP contribution in [0.2, 0.25) is 0 Å². The minimum Gasteiger partial charge on any atom is -0.480 e. The zero-order valence-electron chi connectivity index (χ0n) is 14.9. The molecule has 0 fully saturated rings. The van der Waals surface area contributed by atoms with E-state index in [-0.39, 0.29) is 11.7 Å². The van der Waals surface area contributed by atoms with Gasteiger partial charge >= 0.3 is 0 Å². The number of hydrogen-bond donors (Lipinski definition) is 1. The fourth-order valence-electron chi connectivity index (χ4n) is 2.44. The lowest BCUT2D eigenvalue weighted by Crippen LogP contribution is -2.40. The van der Waals surface area contributed by atoms with Crippen molar-refractivity contribution in [2.45, 2.75) is 26.0 Å². The largest absolute Gasteiger partial charge is 0.480 e. The van der Waals surface area contributed by atoms with Crippen LogP contribution in [-0.2, 0) is 14.6 Å². The monoisotopic (exact) mass is 439 g/mol. The number of aryl methyl sites for hydroxylation is 1. The van der Waals surface area contributed by atoms with Gasteiger partial charge in [-0.1, -0.05) is 36.4 Å². The summed E-state index contributed by atoms with van der Waals surface area (Å²) in [6.07, 6.45) is 0.373. The maximum Gasteiger partial charge on any atom is 0.261 e. The summed E-state index contributed by atoms with van der Waals surface area (Å²) >= 11 is 3.42. The van der Waals surface area contributed by atoms with Crippen molar-refractivity contribution in [3.05, 3.63) is 64.1 Å². The zero-order chi connectivity index (χ0) is 19.3. The lowest BCUT2D eigenvalue weighted by atomic mass is 10.1. The Bertz CT molecular complexity index is 868. The predicted molar refractivity (Wildman–Crippen MR) is 106 cm³/mol. The van der Waals surface area contributed by atoms with Crippen LogP contribution in [0.1, 0.15) is 24.1 Å². The Morgan fingerprint density at radius 2 is 1.85 bits per heavy atom. The first-order chi connectivity index (χ1) is 12.2. The molecule has 140 valence electrons.